The van der Waals surface area contributed by atoms with Crippen molar-refractivity contribution in [2.45, 2.75) is 50.2 Å². The molecule has 1 amide bonds. The predicted octanol–water partition coefficient (Wildman–Crippen LogP) is 2.38. The Morgan fingerprint density at radius 3 is 2.65 bits per heavy atom. The number of amides is 1. The molecule has 4 rings (SSSR count). The minimum absolute atomic E-state index is 0.0248. The second-order valence-electron chi connectivity index (χ2n) is 8.12. The molecule has 0 radical (unpaired) electrons. The molecule has 0 bridgehead atoms. The number of benzene rings is 2. The number of carbonyl (C=O) groups is 1. The quantitative estimate of drug-likeness (QED) is 0.657. The molecule has 0 aliphatic carbocycles. The van der Waals surface area contributed by atoms with E-state index in [2.05, 4.69) is 10.6 Å². The van der Waals surface area contributed by atoms with Gasteiger partial charge in [-0.25, -0.2) is 0 Å². The van der Waals surface area contributed by atoms with Gasteiger partial charge in [0.05, 0.1) is 37.9 Å². The van der Waals surface area contributed by atoms with Crippen LogP contribution < -0.4 is 15.4 Å². The van der Waals surface area contributed by atoms with E-state index in [0.717, 1.165) is 29.9 Å². The summed E-state index contributed by atoms with van der Waals surface area (Å²) >= 11 is 0. The molecule has 0 saturated carbocycles. The van der Waals surface area contributed by atoms with E-state index in [4.69, 9.17) is 14.2 Å². The molecule has 31 heavy (non-hydrogen) atoms. The molecule has 2 heterocycles. The van der Waals surface area contributed by atoms with Crippen molar-refractivity contribution in [2.75, 3.05) is 19.8 Å². The van der Waals surface area contributed by atoms with E-state index in [9.17, 15) is 9.90 Å². The standard InChI is InChI=1S/C24H30N2O5/c27-18-14-25-22-11-10-21(31-23(22)16-29-15-18)12-24(28)26-13-17-6-8-20(9-7-17)30-19-4-2-1-3-5-19/h1-9,18,21-23,25,27H,10-16H2,(H,26,28)/t18-,21+,22-,23+/m1/s1. The highest BCUT2D eigenvalue weighted by atomic mass is 16.5. The van der Waals surface area contributed by atoms with Gasteiger partial charge in [-0.3, -0.25) is 4.79 Å². The monoisotopic (exact) mass is 426 g/mol. The topological polar surface area (TPSA) is 89.1 Å². The Hall–Kier alpha value is -2.45. The van der Waals surface area contributed by atoms with Gasteiger partial charge >= 0.3 is 0 Å². The number of nitrogens with one attached hydrogen (secondary N) is 2. The van der Waals surface area contributed by atoms with Crippen LogP contribution >= 0.6 is 0 Å². The number of carbonyl (C=O) groups excluding carboxylic acids is 1. The number of rotatable bonds is 6. The molecule has 2 aliphatic rings. The van der Waals surface area contributed by atoms with Crippen molar-refractivity contribution in [1.82, 2.24) is 10.6 Å². The number of para-hydroxylation sites is 1. The van der Waals surface area contributed by atoms with Gasteiger partial charge < -0.3 is 30.0 Å². The van der Waals surface area contributed by atoms with Crippen molar-refractivity contribution in [1.29, 1.82) is 0 Å². The van der Waals surface area contributed by atoms with E-state index in [1.54, 1.807) is 0 Å². The van der Waals surface area contributed by atoms with Crippen LogP contribution in [0, 0.1) is 0 Å². The number of β-amino-alcohol motifs (C(OH)–C–C–N with tert-alkyl or cyclic N) is 1. The highest BCUT2D eigenvalue weighted by Crippen LogP contribution is 2.24. The first-order valence-electron chi connectivity index (χ1n) is 10.9. The van der Waals surface area contributed by atoms with Crippen LogP contribution in [0.25, 0.3) is 0 Å². The molecule has 0 spiro atoms. The van der Waals surface area contributed by atoms with E-state index >= 15 is 0 Å². The minimum Gasteiger partial charge on any atom is -0.457 e. The Morgan fingerprint density at radius 1 is 1.06 bits per heavy atom. The van der Waals surface area contributed by atoms with Crippen molar-refractivity contribution in [3.05, 3.63) is 60.2 Å². The van der Waals surface area contributed by atoms with Crippen molar-refractivity contribution in [2.24, 2.45) is 0 Å². The van der Waals surface area contributed by atoms with Crippen molar-refractivity contribution in [3.8, 4) is 11.5 Å². The molecule has 2 fully saturated rings. The summed E-state index contributed by atoms with van der Waals surface area (Å²) in [4.78, 5) is 12.4. The molecule has 7 heteroatoms. The molecule has 3 N–H and O–H groups in total. The van der Waals surface area contributed by atoms with Crippen LogP contribution in [0.4, 0.5) is 0 Å². The SMILES string of the molecule is O=C(C[C@@H]1CC[C@H]2NC[C@@H](O)COC[C@@H]2O1)NCc1ccc(Oc2ccccc2)cc1. The number of ether oxygens (including phenoxy) is 3. The number of fused-ring (bicyclic) bond motifs is 1. The first-order chi connectivity index (χ1) is 15.2. The second kappa shape index (κ2) is 10.7. The zero-order valence-electron chi connectivity index (χ0n) is 17.5. The normalized spacial score (nSPS) is 26.2. The third kappa shape index (κ3) is 6.51. The van der Waals surface area contributed by atoms with Crippen LogP contribution in [0.5, 0.6) is 11.5 Å². The maximum absolute atomic E-state index is 12.4. The van der Waals surface area contributed by atoms with Gasteiger partial charge in [0, 0.05) is 19.1 Å². The largest absolute Gasteiger partial charge is 0.457 e. The zero-order chi connectivity index (χ0) is 21.5. The highest BCUT2D eigenvalue weighted by Gasteiger charge is 2.33. The fraction of sp³-hybridized carbons (Fsp3) is 0.458. The van der Waals surface area contributed by atoms with Gasteiger partial charge in [0.2, 0.25) is 5.91 Å². The molecule has 7 nitrogen and oxygen atoms in total. The lowest BCUT2D eigenvalue weighted by Gasteiger charge is -2.38. The third-order valence-electron chi connectivity index (χ3n) is 5.63. The van der Waals surface area contributed by atoms with Crippen LogP contribution in [0.2, 0.25) is 0 Å². The Morgan fingerprint density at radius 2 is 1.84 bits per heavy atom. The summed E-state index contributed by atoms with van der Waals surface area (Å²) < 4.78 is 17.4. The number of aliphatic hydroxyl groups excluding tert-OH is 1. The zero-order valence-corrected chi connectivity index (χ0v) is 17.5. The summed E-state index contributed by atoms with van der Waals surface area (Å²) in [5.41, 5.74) is 1.01. The Labute approximate surface area is 182 Å². The van der Waals surface area contributed by atoms with E-state index < -0.39 is 6.10 Å². The van der Waals surface area contributed by atoms with Gasteiger partial charge in [-0.05, 0) is 42.7 Å². The average molecular weight is 427 g/mol. The molecule has 2 saturated heterocycles. The molecule has 2 aromatic carbocycles. The summed E-state index contributed by atoms with van der Waals surface area (Å²) in [6, 6.07) is 17.5. The lowest BCUT2D eigenvalue weighted by Crippen LogP contribution is -2.53. The van der Waals surface area contributed by atoms with Crippen LogP contribution in [0.1, 0.15) is 24.8 Å². The second-order valence-corrected chi connectivity index (χ2v) is 8.12. The Balaban J connectivity index is 1.20. The minimum atomic E-state index is -0.483. The number of hydrogen-bond acceptors (Lipinski definition) is 6. The van der Waals surface area contributed by atoms with Crippen LogP contribution in [-0.2, 0) is 20.8 Å². The van der Waals surface area contributed by atoms with Crippen LogP contribution in [-0.4, -0.2) is 55.1 Å². The predicted molar refractivity (Wildman–Crippen MR) is 116 cm³/mol. The lowest BCUT2D eigenvalue weighted by molar-refractivity contribution is -0.137. The molecule has 2 aliphatic heterocycles. The molecule has 0 aromatic heterocycles. The van der Waals surface area contributed by atoms with E-state index in [-0.39, 0.29) is 24.2 Å². The summed E-state index contributed by atoms with van der Waals surface area (Å²) in [5, 5.41) is 16.0. The summed E-state index contributed by atoms with van der Waals surface area (Å²) in [6.45, 7) is 1.71. The Bertz CT molecular complexity index is 830. The van der Waals surface area contributed by atoms with Gasteiger partial charge in [-0.1, -0.05) is 30.3 Å². The molecular formula is C24H30N2O5. The average Bonchev–Trinajstić information content (AvgIpc) is 2.77. The van der Waals surface area contributed by atoms with Gasteiger partial charge in [-0.2, -0.15) is 0 Å². The van der Waals surface area contributed by atoms with E-state index in [1.165, 1.54) is 0 Å². The van der Waals surface area contributed by atoms with Gasteiger partial charge in [0.1, 0.15) is 11.5 Å². The Kier molecular flexibility index (Phi) is 7.53. The molecule has 0 unspecified atom stereocenters. The fourth-order valence-electron chi connectivity index (χ4n) is 3.95. The first kappa shape index (κ1) is 21.8. The molecule has 4 atom stereocenters. The van der Waals surface area contributed by atoms with Crippen molar-refractivity contribution in [3.63, 3.8) is 0 Å². The molecule has 166 valence electrons. The van der Waals surface area contributed by atoms with Gasteiger partial charge in [-0.15, -0.1) is 0 Å². The number of aliphatic hydroxyl groups is 1. The summed E-state index contributed by atoms with van der Waals surface area (Å²) in [5.74, 6) is 1.52. The van der Waals surface area contributed by atoms with Crippen molar-refractivity contribution < 1.29 is 24.1 Å². The first-order valence-corrected chi connectivity index (χ1v) is 10.9. The lowest BCUT2D eigenvalue weighted by atomic mass is 9.96. The maximum atomic E-state index is 12.4. The smallest absolute Gasteiger partial charge is 0.222 e. The van der Waals surface area contributed by atoms with Gasteiger partial charge in [0.25, 0.3) is 0 Å². The van der Waals surface area contributed by atoms with E-state index in [0.29, 0.717) is 32.7 Å². The summed E-state index contributed by atoms with van der Waals surface area (Å²) in [7, 11) is 0. The molecule has 2 aromatic rings. The van der Waals surface area contributed by atoms with Crippen molar-refractivity contribution >= 4 is 5.91 Å². The maximum Gasteiger partial charge on any atom is 0.222 e. The van der Waals surface area contributed by atoms with Gasteiger partial charge in [0.15, 0.2) is 0 Å². The third-order valence-corrected chi connectivity index (χ3v) is 5.63. The highest BCUT2D eigenvalue weighted by molar-refractivity contribution is 5.76. The summed E-state index contributed by atoms with van der Waals surface area (Å²) in [6.07, 6.45) is 1.36. The fourth-order valence-corrected chi connectivity index (χ4v) is 3.95. The van der Waals surface area contributed by atoms with E-state index in [1.807, 2.05) is 54.6 Å². The van der Waals surface area contributed by atoms with Crippen LogP contribution in [0.15, 0.2) is 54.6 Å². The molecular weight excluding hydrogens is 396 g/mol. The number of hydrogen-bond donors (Lipinski definition) is 3. The van der Waals surface area contributed by atoms with Crippen LogP contribution in [0.3, 0.4) is 0 Å².